The number of nitriles is 1. The Balaban J connectivity index is 1.55. The number of anilines is 1. The smallest absolute Gasteiger partial charge is 0.213 e. The second-order valence-electron chi connectivity index (χ2n) is 6.93. The van der Waals surface area contributed by atoms with Gasteiger partial charge >= 0.3 is 0 Å². The fourth-order valence-corrected chi connectivity index (χ4v) is 4.25. The highest BCUT2D eigenvalue weighted by Gasteiger charge is 2.52. The third-order valence-electron chi connectivity index (χ3n) is 5.64. The van der Waals surface area contributed by atoms with Crippen molar-refractivity contribution in [1.82, 2.24) is 9.97 Å². The first kappa shape index (κ1) is 16.8. The van der Waals surface area contributed by atoms with Crippen LogP contribution in [0, 0.1) is 11.3 Å². The molecule has 3 heterocycles. The Hall–Kier alpha value is -2.65. The lowest BCUT2D eigenvalue weighted by atomic mass is 9.79. The number of hydrogen-bond acceptors (Lipinski definition) is 6. The summed E-state index contributed by atoms with van der Waals surface area (Å²) in [5.41, 5.74) is 0.422. The molecule has 4 rings (SSSR count). The maximum atomic E-state index is 8.99. The van der Waals surface area contributed by atoms with Gasteiger partial charge in [-0.05, 0) is 37.5 Å². The summed E-state index contributed by atoms with van der Waals surface area (Å²) in [7, 11) is 1.81. The minimum absolute atomic E-state index is 0.108. The van der Waals surface area contributed by atoms with E-state index in [1.54, 1.807) is 12.4 Å². The van der Waals surface area contributed by atoms with Crippen molar-refractivity contribution < 1.29 is 9.47 Å². The fraction of sp³-hybridized carbons (Fsp3) is 0.450. The number of pyridine rings is 2. The largest absolute Gasteiger partial charge is 0.474 e. The van der Waals surface area contributed by atoms with E-state index in [1.165, 1.54) is 0 Å². The Morgan fingerprint density at radius 3 is 2.85 bits per heavy atom. The monoisotopic (exact) mass is 350 g/mol. The molecule has 2 aromatic rings. The summed E-state index contributed by atoms with van der Waals surface area (Å²) in [4.78, 5) is 11.1. The van der Waals surface area contributed by atoms with E-state index in [0.29, 0.717) is 11.4 Å². The van der Waals surface area contributed by atoms with Crippen molar-refractivity contribution in [3.05, 3.63) is 48.3 Å². The van der Waals surface area contributed by atoms with Crippen molar-refractivity contribution in [2.24, 2.45) is 0 Å². The number of fused-ring (bicyclic) bond motifs is 1. The maximum absolute atomic E-state index is 8.99. The first-order valence-corrected chi connectivity index (χ1v) is 9.00. The van der Waals surface area contributed by atoms with Crippen molar-refractivity contribution in [2.75, 3.05) is 18.6 Å². The summed E-state index contributed by atoms with van der Waals surface area (Å²) >= 11 is 0. The minimum Gasteiger partial charge on any atom is -0.474 e. The van der Waals surface area contributed by atoms with Gasteiger partial charge in [0.15, 0.2) is 0 Å². The van der Waals surface area contributed by atoms with Gasteiger partial charge in [0.05, 0.1) is 17.2 Å². The van der Waals surface area contributed by atoms with Crippen molar-refractivity contribution in [3.63, 3.8) is 0 Å². The summed E-state index contributed by atoms with van der Waals surface area (Å²) in [6.07, 6.45) is 7.25. The number of hydrogen-bond donors (Lipinski definition) is 0. The summed E-state index contributed by atoms with van der Waals surface area (Å²) in [6.45, 7) is 0.897. The normalized spacial score (nSPS) is 27.6. The van der Waals surface area contributed by atoms with Crippen molar-refractivity contribution in [3.8, 4) is 11.9 Å². The van der Waals surface area contributed by atoms with E-state index in [2.05, 4.69) is 20.9 Å². The molecule has 2 aliphatic rings. The molecule has 134 valence electrons. The summed E-state index contributed by atoms with van der Waals surface area (Å²) < 4.78 is 12.1. The van der Waals surface area contributed by atoms with Crippen LogP contribution in [0.25, 0.3) is 0 Å². The van der Waals surface area contributed by atoms with Gasteiger partial charge < -0.3 is 14.4 Å². The number of rotatable bonds is 4. The van der Waals surface area contributed by atoms with Crippen LogP contribution in [0.2, 0.25) is 0 Å². The topological polar surface area (TPSA) is 71.3 Å². The molecule has 1 aliphatic carbocycles. The van der Waals surface area contributed by atoms with Crippen LogP contribution in [0.15, 0.2) is 42.7 Å². The molecule has 0 amide bonds. The van der Waals surface area contributed by atoms with E-state index < -0.39 is 0 Å². The van der Waals surface area contributed by atoms with Crippen LogP contribution >= 0.6 is 0 Å². The van der Waals surface area contributed by atoms with E-state index in [1.807, 2.05) is 37.4 Å². The van der Waals surface area contributed by atoms with Gasteiger partial charge in [-0.1, -0.05) is 6.07 Å². The Morgan fingerprint density at radius 1 is 1.23 bits per heavy atom. The van der Waals surface area contributed by atoms with Gasteiger partial charge in [-0.2, -0.15) is 5.26 Å². The summed E-state index contributed by atoms with van der Waals surface area (Å²) in [6, 6.07) is 11.8. The van der Waals surface area contributed by atoms with Crippen LogP contribution in [0.4, 0.5) is 5.82 Å². The van der Waals surface area contributed by atoms with Gasteiger partial charge in [0.25, 0.3) is 0 Å². The molecule has 0 N–H and O–H groups in total. The van der Waals surface area contributed by atoms with E-state index in [4.69, 9.17) is 14.7 Å². The molecule has 0 radical (unpaired) electrons. The number of nitrogens with zero attached hydrogens (tertiary/aromatic N) is 4. The molecule has 0 unspecified atom stereocenters. The van der Waals surface area contributed by atoms with Crippen molar-refractivity contribution >= 4 is 5.82 Å². The molecule has 3 atom stereocenters. The molecule has 0 aromatic carbocycles. The highest BCUT2D eigenvalue weighted by Crippen LogP contribution is 2.44. The maximum Gasteiger partial charge on any atom is 0.213 e. The molecule has 1 aliphatic heterocycles. The minimum atomic E-state index is -0.153. The van der Waals surface area contributed by atoms with Crippen LogP contribution in [-0.2, 0) is 4.74 Å². The fourth-order valence-electron chi connectivity index (χ4n) is 4.25. The van der Waals surface area contributed by atoms with Crippen LogP contribution in [-0.4, -0.2) is 41.4 Å². The number of ether oxygens (including phenoxy) is 2. The molecule has 2 aromatic heterocycles. The van der Waals surface area contributed by atoms with Crippen LogP contribution in [0.5, 0.6) is 5.88 Å². The lowest BCUT2D eigenvalue weighted by Crippen LogP contribution is -2.52. The third kappa shape index (κ3) is 2.99. The van der Waals surface area contributed by atoms with Crippen LogP contribution < -0.4 is 9.64 Å². The van der Waals surface area contributed by atoms with Gasteiger partial charge in [-0.25, -0.2) is 9.97 Å². The lowest BCUT2D eigenvalue weighted by molar-refractivity contribution is -0.0607. The van der Waals surface area contributed by atoms with E-state index >= 15 is 0 Å². The van der Waals surface area contributed by atoms with Gasteiger partial charge in [0.1, 0.15) is 18.0 Å². The van der Waals surface area contributed by atoms with Crippen LogP contribution in [0.1, 0.15) is 31.2 Å². The molecule has 6 nitrogen and oxygen atoms in total. The number of aromatic nitrogens is 2. The zero-order chi connectivity index (χ0) is 18.0. The Kier molecular flexibility index (Phi) is 4.48. The molecule has 1 saturated heterocycles. The second kappa shape index (κ2) is 6.93. The Bertz CT molecular complexity index is 790. The van der Waals surface area contributed by atoms with E-state index in [0.717, 1.165) is 38.0 Å². The standard InChI is InChI=1S/C20H22N4O2/c1-25-20-8-7-16(26-19-4-2-3-10-22-19)12-17(20)24(11-9-20)18-6-5-15(13-21)14-23-18/h2-6,10,14,16-17H,7-9,11-12H2,1H3/t16-,17+,20-/m1/s1. The highest BCUT2D eigenvalue weighted by molar-refractivity contribution is 5.46. The molecule has 2 fully saturated rings. The molecule has 1 saturated carbocycles. The average molecular weight is 350 g/mol. The molecule has 0 bridgehead atoms. The number of methoxy groups -OCH3 is 1. The molecular formula is C20H22N4O2. The predicted octanol–water partition coefficient (Wildman–Crippen LogP) is 2.94. The molecular weight excluding hydrogens is 328 g/mol. The Morgan fingerprint density at radius 2 is 2.15 bits per heavy atom. The van der Waals surface area contributed by atoms with E-state index in [9.17, 15) is 0 Å². The summed E-state index contributed by atoms with van der Waals surface area (Å²) in [5, 5.41) is 8.99. The zero-order valence-electron chi connectivity index (χ0n) is 14.8. The predicted molar refractivity (Wildman–Crippen MR) is 96.9 cm³/mol. The van der Waals surface area contributed by atoms with Gasteiger partial charge in [-0.3, -0.25) is 0 Å². The average Bonchev–Trinajstić information content (AvgIpc) is 3.08. The zero-order valence-corrected chi connectivity index (χ0v) is 14.8. The molecule has 26 heavy (non-hydrogen) atoms. The van der Waals surface area contributed by atoms with Crippen LogP contribution in [0.3, 0.4) is 0 Å². The van der Waals surface area contributed by atoms with Crippen molar-refractivity contribution in [1.29, 1.82) is 5.26 Å². The molecule has 0 spiro atoms. The van der Waals surface area contributed by atoms with E-state index in [-0.39, 0.29) is 17.7 Å². The second-order valence-corrected chi connectivity index (χ2v) is 6.93. The quantitative estimate of drug-likeness (QED) is 0.844. The lowest BCUT2D eigenvalue weighted by Gasteiger charge is -2.43. The third-order valence-corrected chi connectivity index (χ3v) is 5.64. The molecule has 6 heteroatoms. The van der Waals surface area contributed by atoms with Gasteiger partial charge in [0.2, 0.25) is 5.88 Å². The van der Waals surface area contributed by atoms with Gasteiger partial charge in [0, 0.05) is 38.5 Å². The Labute approximate surface area is 153 Å². The highest BCUT2D eigenvalue weighted by atomic mass is 16.5. The first-order valence-electron chi connectivity index (χ1n) is 9.00. The summed E-state index contributed by atoms with van der Waals surface area (Å²) in [5.74, 6) is 1.56. The SMILES string of the molecule is CO[C@@]12CC[C@@H](Oc3ccccn3)C[C@@H]1N(c1ccc(C#N)cn1)CC2. The first-order chi connectivity index (χ1) is 12.7. The van der Waals surface area contributed by atoms with Gasteiger partial charge in [-0.15, -0.1) is 0 Å². The van der Waals surface area contributed by atoms with Crippen molar-refractivity contribution in [2.45, 2.75) is 43.4 Å².